The van der Waals surface area contributed by atoms with Gasteiger partial charge in [0.25, 0.3) is 0 Å². The van der Waals surface area contributed by atoms with Gasteiger partial charge in [0.1, 0.15) is 0 Å². The normalized spacial score (nSPS) is 13.3. The van der Waals surface area contributed by atoms with E-state index < -0.39 is 0 Å². The van der Waals surface area contributed by atoms with E-state index in [1.807, 2.05) is 0 Å². The summed E-state index contributed by atoms with van der Waals surface area (Å²) in [5.74, 6) is 0. The van der Waals surface area contributed by atoms with Crippen LogP contribution in [-0.2, 0) is 5.41 Å². The van der Waals surface area contributed by atoms with E-state index in [0.29, 0.717) is 0 Å². The molecule has 0 unspecified atom stereocenters. The van der Waals surface area contributed by atoms with Crippen molar-refractivity contribution >= 4 is 43.1 Å². The summed E-state index contributed by atoms with van der Waals surface area (Å²) in [5, 5.41) is 10.3. The molecule has 0 aromatic heterocycles. The molecule has 1 aliphatic rings. The smallest absolute Gasteiger partial charge is 0.0159 e. The highest BCUT2D eigenvalue weighted by Gasteiger charge is 2.36. The number of rotatable bonds is 3. The summed E-state index contributed by atoms with van der Waals surface area (Å²) in [6, 6.07) is 63.2. The maximum absolute atomic E-state index is 2.48. The third-order valence-corrected chi connectivity index (χ3v) is 11.0. The van der Waals surface area contributed by atoms with Crippen LogP contribution in [0.3, 0.4) is 0 Å². The summed E-state index contributed by atoms with van der Waals surface area (Å²) in [6.45, 7) is 4.77. The molecule has 0 radical (unpaired) electrons. The predicted octanol–water partition coefficient (Wildman–Crippen LogP) is 13.6. The summed E-state index contributed by atoms with van der Waals surface area (Å²) in [6.07, 6.45) is 0. The monoisotopic (exact) mass is 622 g/mol. The summed E-state index contributed by atoms with van der Waals surface area (Å²) in [5.41, 5.74) is 13.0. The molecule has 0 atom stereocenters. The zero-order valence-electron chi connectivity index (χ0n) is 27.7. The van der Waals surface area contributed by atoms with Crippen molar-refractivity contribution in [2.45, 2.75) is 19.3 Å². The van der Waals surface area contributed by atoms with Gasteiger partial charge in [-0.15, -0.1) is 0 Å². The van der Waals surface area contributed by atoms with E-state index in [2.05, 4.69) is 184 Å². The van der Waals surface area contributed by atoms with Crippen molar-refractivity contribution in [2.24, 2.45) is 0 Å². The third kappa shape index (κ3) is 4.24. The van der Waals surface area contributed by atoms with E-state index in [1.54, 1.807) is 0 Å². The Hall–Kier alpha value is -5.98. The molecule has 1 aliphatic carbocycles. The zero-order chi connectivity index (χ0) is 32.7. The van der Waals surface area contributed by atoms with E-state index in [1.165, 1.54) is 98.7 Å². The molecule has 0 heterocycles. The van der Waals surface area contributed by atoms with Gasteiger partial charge in [-0.3, -0.25) is 0 Å². The van der Waals surface area contributed by atoms with Gasteiger partial charge < -0.3 is 0 Å². The number of hydrogen-bond donors (Lipinski definition) is 0. The fourth-order valence-corrected chi connectivity index (χ4v) is 8.53. The van der Waals surface area contributed by atoms with Gasteiger partial charge in [-0.25, -0.2) is 0 Å². The predicted molar refractivity (Wildman–Crippen MR) is 210 cm³/mol. The lowest BCUT2D eigenvalue weighted by molar-refractivity contribution is 0.661. The van der Waals surface area contributed by atoms with Crippen molar-refractivity contribution in [1.29, 1.82) is 0 Å². The first-order valence-corrected chi connectivity index (χ1v) is 17.3. The van der Waals surface area contributed by atoms with Crippen molar-refractivity contribution in [3.8, 4) is 44.5 Å². The molecule has 0 heteroatoms. The molecule has 0 fully saturated rings. The van der Waals surface area contributed by atoms with Gasteiger partial charge in [-0.1, -0.05) is 159 Å². The van der Waals surface area contributed by atoms with Gasteiger partial charge in [0.15, 0.2) is 0 Å². The van der Waals surface area contributed by atoms with Gasteiger partial charge in [-0.05, 0) is 123 Å². The maximum atomic E-state index is 2.48. The quantitative estimate of drug-likeness (QED) is 0.172. The minimum absolute atomic E-state index is 0.0942. The summed E-state index contributed by atoms with van der Waals surface area (Å²) in [7, 11) is 0. The first-order valence-electron chi connectivity index (χ1n) is 17.3. The fraction of sp³-hybridized carbons (Fsp3) is 0.0612. The minimum atomic E-state index is -0.0942. The molecular weight excluding hydrogens is 589 g/mol. The molecule has 230 valence electrons. The van der Waals surface area contributed by atoms with E-state index in [9.17, 15) is 0 Å². The van der Waals surface area contributed by atoms with E-state index in [0.717, 1.165) is 0 Å². The van der Waals surface area contributed by atoms with E-state index in [-0.39, 0.29) is 5.41 Å². The van der Waals surface area contributed by atoms with Crippen LogP contribution >= 0.6 is 0 Å². The Labute approximate surface area is 286 Å². The summed E-state index contributed by atoms with van der Waals surface area (Å²) in [4.78, 5) is 0. The molecule has 10 rings (SSSR count). The lowest BCUT2D eigenvalue weighted by Gasteiger charge is -2.23. The maximum Gasteiger partial charge on any atom is 0.0159 e. The second kappa shape index (κ2) is 10.5. The van der Waals surface area contributed by atoms with Crippen molar-refractivity contribution in [3.05, 3.63) is 181 Å². The van der Waals surface area contributed by atoms with Gasteiger partial charge in [0, 0.05) is 5.41 Å². The molecule has 0 saturated carbocycles. The fourth-order valence-electron chi connectivity index (χ4n) is 8.53. The lowest BCUT2D eigenvalue weighted by atomic mass is 9.80. The molecule has 49 heavy (non-hydrogen) atoms. The molecule has 9 aromatic rings. The zero-order valence-corrected chi connectivity index (χ0v) is 27.7. The molecular formula is C49H34. The average molecular weight is 623 g/mol. The van der Waals surface area contributed by atoms with Crippen LogP contribution in [0.4, 0.5) is 0 Å². The number of benzene rings is 9. The molecule has 0 saturated heterocycles. The van der Waals surface area contributed by atoms with Gasteiger partial charge in [0.05, 0.1) is 0 Å². The molecule has 0 aliphatic heterocycles. The van der Waals surface area contributed by atoms with Crippen LogP contribution in [0.2, 0.25) is 0 Å². The standard InChI is InChI=1S/C49H34/c1-49(2)45-30-38(25-26-39(45)44-28-35-13-5-6-14-36(35)29-46(44)49)48-42-17-9-7-15-40(42)47(41-16-8-10-18-43(41)48)33-22-19-32(20-23-33)37-24-21-31-11-3-4-12-34(31)27-37/h3-30H,1-2H3. The van der Waals surface area contributed by atoms with Crippen molar-refractivity contribution in [2.75, 3.05) is 0 Å². The Bertz CT molecular complexity index is 2720. The molecule has 0 nitrogen and oxygen atoms in total. The first kappa shape index (κ1) is 28.1. The molecule has 0 N–H and O–H groups in total. The minimum Gasteiger partial charge on any atom is -0.0616 e. The van der Waals surface area contributed by atoms with Crippen LogP contribution in [0.15, 0.2) is 170 Å². The second-order valence-electron chi connectivity index (χ2n) is 14.1. The van der Waals surface area contributed by atoms with Gasteiger partial charge in [0.2, 0.25) is 0 Å². The summed E-state index contributed by atoms with van der Waals surface area (Å²) < 4.78 is 0. The number of fused-ring (bicyclic) bond motifs is 7. The Balaban J connectivity index is 1.14. The molecule has 0 amide bonds. The molecule has 9 aromatic carbocycles. The van der Waals surface area contributed by atoms with Crippen LogP contribution in [0, 0.1) is 0 Å². The first-order chi connectivity index (χ1) is 24.0. The Kier molecular flexibility index (Phi) is 6.02. The van der Waals surface area contributed by atoms with Crippen molar-refractivity contribution < 1.29 is 0 Å². The highest BCUT2D eigenvalue weighted by molar-refractivity contribution is 6.21. The topological polar surface area (TPSA) is 0 Å². The van der Waals surface area contributed by atoms with E-state index in [4.69, 9.17) is 0 Å². The van der Waals surface area contributed by atoms with E-state index >= 15 is 0 Å². The highest BCUT2D eigenvalue weighted by Crippen LogP contribution is 2.52. The van der Waals surface area contributed by atoms with Crippen LogP contribution in [0.1, 0.15) is 25.0 Å². The Morgan fingerprint density at radius 3 is 1.39 bits per heavy atom. The highest BCUT2D eigenvalue weighted by atomic mass is 14.4. The van der Waals surface area contributed by atoms with Crippen LogP contribution in [0.5, 0.6) is 0 Å². The van der Waals surface area contributed by atoms with Crippen LogP contribution in [-0.4, -0.2) is 0 Å². The largest absolute Gasteiger partial charge is 0.0616 e. The Morgan fingerprint density at radius 1 is 0.306 bits per heavy atom. The van der Waals surface area contributed by atoms with Crippen LogP contribution in [0.25, 0.3) is 87.6 Å². The van der Waals surface area contributed by atoms with Crippen LogP contribution < -0.4 is 0 Å². The summed E-state index contributed by atoms with van der Waals surface area (Å²) >= 11 is 0. The Morgan fingerprint density at radius 2 is 0.755 bits per heavy atom. The second-order valence-corrected chi connectivity index (χ2v) is 14.1. The SMILES string of the molecule is CC1(C)c2cc(-c3c4ccccc4c(-c4ccc(-c5ccc6ccccc6c5)cc4)c4ccccc34)ccc2-c2cc3ccccc3cc21. The molecule has 0 spiro atoms. The van der Waals surface area contributed by atoms with Gasteiger partial charge >= 0.3 is 0 Å². The lowest BCUT2D eigenvalue weighted by Crippen LogP contribution is -2.15. The van der Waals surface area contributed by atoms with Crippen molar-refractivity contribution in [3.63, 3.8) is 0 Å². The van der Waals surface area contributed by atoms with Gasteiger partial charge in [-0.2, -0.15) is 0 Å². The molecule has 0 bridgehead atoms. The third-order valence-electron chi connectivity index (χ3n) is 11.0. The average Bonchev–Trinajstić information content (AvgIpc) is 3.37. The van der Waals surface area contributed by atoms with Crippen molar-refractivity contribution in [1.82, 2.24) is 0 Å². The number of hydrogen-bond acceptors (Lipinski definition) is 0.